The van der Waals surface area contributed by atoms with Crippen LogP contribution < -0.4 is 0 Å². The van der Waals surface area contributed by atoms with Crippen LogP contribution in [-0.2, 0) is 6.42 Å². The summed E-state index contributed by atoms with van der Waals surface area (Å²) >= 11 is 0. The van der Waals surface area contributed by atoms with Gasteiger partial charge < -0.3 is 0 Å². The van der Waals surface area contributed by atoms with Gasteiger partial charge in [-0.05, 0) is 57.6 Å². The van der Waals surface area contributed by atoms with E-state index in [1.807, 2.05) is 0 Å². The minimum Gasteiger partial charge on any atom is -0.207 e. The number of fused-ring (bicyclic) bond motifs is 6. The van der Waals surface area contributed by atoms with Crippen LogP contribution in [0.1, 0.15) is 76.7 Å². The molecule has 0 radical (unpaired) electrons. The van der Waals surface area contributed by atoms with Crippen LogP contribution in [0.3, 0.4) is 0 Å². The van der Waals surface area contributed by atoms with Crippen molar-refractivity contribution in [3.63, 3.8) is 0 Å². The van der Waals surface area contributed by atoms with E-state index in [2.05, 4.69) is 104 Å². The summed E-state index contributed by atoms with van der Waals surface area (Å²) in [4.78, 5) is 0. The van der Waals surface area contributed by atoms with Crippen LogP contribution in [0, 0.1) is 0 Å². The van der Waals surface area contributed by atoms with Crippen LogP contribution in [-0.4, -0.2) is 0 Å². The molecular formula is C39H41O+. The predicted octanol–water partition coefficient (Wildman–Crippen LogP) is 12.3. The lowest BCUT2D eigenvalue weighted by molar-refractivity contribution is 0.556. The Balaban J connectivity index is 1.28. The first-order valence-electron chi connectivity index (χ1n) is 15.5. The van der Waals surface area contributed by atoms with Gasteiger partial charge in [-0.2, -0.15) is 0 Å². The van der Waals surface area contributed by atoms with Gasteiger partial charge in [0.1, 0.15) is 0 Å². The molecule has 0 saturated carbocycles. The van der Waals surface area contributed by atoms with Gasteiger partial charge >= 0.3 is 11.2 Å². The average Bonchev–Trinajstić information content (AvgIpc) is 3.01. The molecule has 5 aromatic carbocycles. The molecule has 0 aliphatic heterocycles. The molecule has 202 valence electrons. The van der Waals surface area contributed by atoms with Crippen LogP contribution >= 0.6 is 0 Å². The monoisotopic (exact) mass is 525 g/mol. The molecule has 0 bridgehead atoms. The maximum absolute atomic E-state index is 6.57. The van der Waals surface area contributed by atoms with E-state index >= 15 is 0 Å². The Hall–Kier alpha value is -3.71. The second-order valence-electron chi connectivity index (χ2n) is 11.4. The molecule has 40 heavy (non-hydrogen) atoms. The highest BCUT2D eigenvalue weighted by molar-refractivity contribution is 6.24. The van der Waals surface area contributed by atoms with Gasteiger partial charge in [0.25, 0.3) is 0 Å². The van der Waals surface area contributed by atoms with Crippen molar-refractivity contribution >= 4 is 43.5 Å². The fourth-order valence-electron chi connectivity index (χ4n) is 6.38. The number of rotatable bonds is 12. The van der Waals surface area contributed by atoms with E-state index in [9.17, 15) is 0 Å². The highest BCUT2D eigenvalue weighted by Gasteiger charge is 2.23. The maximum atomic E-state index is 6.57. The lowest BCUT2D eigenvalue weighted by Crippen LogP contribution is -1.91. The molecular weight excluding hydrogens is 484 g/mol. The number of aryl methyl sites for hydroxylation is 1. The molecule has 1 heterocycles. The van der Waals surface area contributed by atoms with Crippen molar-refractivity contribution in [2.45, 2.75) is 77.6 Å². The Bertz CT molecular complexity index is 1630. The van der Waals surface area contributed by atoms with Gasteiger partial charge in [-0.3, -0.25) is 0 Å². The summed E-state index contributed by atoms with van der Waals surface area (Å²) in [5.74, 6) is 0. The molecule has 0 unspecified atom stereocenters. The molecule has 0 aliphatic rings. The van der Waals surface area contributed by atoms with E-state index in [4.69, 9.17) is 4.42 Å². The van der Waals surface area contributed by atoms with Crippen molar-refractivity contribution in [2.75, 3.05) is 0 Å². The zero-order chi connectivity index (χ0) is 27.1. The molecule has 0 spiro atoms. The van der Waals surface area contributed by atoms with Gasteiger partial charge in [-0.15, -0.1) is 0 Å². The second-order valence-corrected chi connectivity index (χ2v) is 11.4. The Morgan fingerprint density at radius 1 is 0.475 bits per heavy atom. The molecule has 0 atom stereocenters. The fraction of sp³-hybridized carbons (Fsp3) is 0.308. The summed E-state index contributed by atoms with van der Waals surface area (Å²) in [6.45, 7) is 2.29. The summed E-state index contributed by atoms with van der Waals surface area (Å²) in [5, 5.41) is 7.35. The minimum atomic E-state index is 0.936. The van der Waals surface area contributed by atoms with Gasteiger partial charge in [0.15, 0.2) is 0 Å². The minimum absolute atomic E-state index is 0.936. The van der Waals surface area contributed by atoms with Crippen LogP contribution in [0.4, 0.5) is 0 Å². The van der Waals surface area contributed by atoms with Crippen molar-refractivity contribution in [1.29, 1.82) is 0 Å². The third-order valence-electron chi connectivity index (χ3n) is 8.56. The van der Waals surface area contributed by atoms with E-state index in [1.165, 1.54) is 113 Å². The lowest BCUT2D eigenvalue weighted by Gasteiger charge is -2.11. The predicted molar refractivity (Wildman–Crippen MR) is 174 cm³/mol. The summed E-state index contributed by atoms with van der Waals surface area (Å²) in [6.07, 6.45) is 15.0. The molecule has 0 aliphatic carbocycles. The quantitative estimate of drug-likeness (QED) is 0.0669. The second kappa shape index (κ2) is 12.6. The third kappa shape index (κ3) is 5.61. The largest absolute Gasteiger partial charge is 0.362 e. The SMILES string of the molecule is CCCCCCCCCCCCc1ccc(-c2c3c(ccc4ccccc43)[o+]c3ccc4ccccc4c23)cc1. The molecule has 1 aromatic heterocycles. The average molecular weight is 526 g/mol. The third-order valence-corrected chi connectivity index (χ3v) is 8.56. The Morgan fingerprint density at radius 3 is 1.52 bits per heavy atom. The normalized spacial score (nSPS) is 11.7. The van der Waals surface area contributed by atoms with E-state index in [-0.39, 0.29) is 0 Å². The molecule has 1 heteroatoms. The number of hydrogen-bond acceptors (Lipinski definition) is 0. The van der Waals surface area contributed by atoms with E-state index in [0.717, 1.165) is 17.6 Å². The van der Waals surface area contributed by atoms with E-state index < -0.39 is 0 Å². The van der Waals surface area contributed by atoms with Gasteiger partial charge in [-0.1, -0.05) is 138 Å². The summed E-state index contributed by atoms with van der Waals surface area (Å²) in [5.41, 5.74) is 5.84. The van der Waals surface area contributed by atoms with Gasteiger partial charge in [0.05, 0.1) is 10.8 Å². The van der Waals surface area contributed by atoms with Crippen LogP contribution in [0.15, 0.2) is 101 Å². The first-order valence-corrected chi connectivity index (χ1v) is 15.5. The van der Waals surface area contributed by atoms with Crippen molar-refractivity contribution in [3.8, 4) is 11.1 Å². The maximum Gasteiger partial charge on any atom is 0.362 e. The molecule has 6 rings (SSSR count). The number of unbranched alkanes of at least 4 members (excludes halogenated alkanes) is 9. The molecule has 0 N–H and O–H groups in total. The van der Waals surface area contributed by atoms with Gasteiger partial charge in [0.2, 0.25) is 0 Å². The molecule has 0 amide bonds. The van der Waals surface area contributed by atoms with Gasteiger partial charge in [0, 0.05) is 17.7 Å². The Morgan fingerprint density at radius 2 is 0.975 bits per heavy atom. The van der Waals surface area contributed by atoms with Crippen molar-refractivity contribution in [2.24, 2.45) is 0 Å². The smallest absolute Gasteiger partial charge is 0.207 e. The lowest BCUT2D eigenvalue weighted by atomic mass is 9.91. The highest BCUT2D eigenvalue weighted by atomic mass is 16.3. The highest BCUT2D eigenvalue weighted by Crippen LogP contribution is 2.42. The summed E-state index contributed by atoms with van der Waals surface area (Å²) in [6, 6.07) is 35.3. The zero-order valence-electron chi connectivity index (χ0n) is 23.9. The molecule has 0 fully saturated rings. The van der Waals surface area contributed by atoms with Crippen LogP contribution in [0.2, 0.25) is 0 Å². The zero-order valence-corrected chi connectivity index (χ0v) is 23.9. The molecule has 0 saturated heterocycles. The Labute approximate surface area is 238 Å². The van der Waals surface area contributed by atoms with Crippen LogP contribution in [0.5, 0.6) is 0 Å². The van der Waals surface area contributed by atoms with Crippen molar-refractivity contribution < 1.29 is 4.42 Å². The van der Waals surface area contributed by atoms with Crippen LogP contribution in [0.25, 0.3) is 54.6 Å². The molecule has 6 aromatic rings. The van der Waals surface area contributed by atoms with E-state index in [0.29, 0.717) is 0 Å². The summed E-state index contributed by atoms with van der Waals surface area (Å²) in [7, 11) is 0. The number of benzene rings is 5. The van der Waals surface area contributed by atoms with Gasteiger partial charge in [-0.25, -0.2) is 4.42 Å². The first-order chi connectivity index (χ1) is 19.8. The van der Waals surface area contributed by atoms with Crippen molar-refractivity contribution in [3.05, 3.63) is 103 Å². The summed E-state index contributed by atoms with van der Waals surface area (Å²) < 4.78 is 6.57. The van der Waals surface area contributed by atoms with E-state index in [1.54, 1.807) is 0 Å². The Kier molecular flexibility index (Phi) is 8.38. The topological polar surface area (TPSA) is 11.3 Å². The first kappa shape index (κ1) is 26.5. The fourth-order valence-corrected chi connectivity index (χ4v) is 6.38. The standard InChI is InChI=1S/C39H41O/c1-2-3-4-5-6-7-8-9-10-11-16-29-21-23-32(24-22-29)37-38-33-19-14-12-17-30(33)25-27-35(38)40-36-28-26-31-18-13-15-20-34(31)39(36)37/h12-15,17-28H,2-11,16H2,1H3/q+1. The van der Waals surface area contributed by atoms with Crippen molar-refractivity contribution in [1.82, 2.24) is 0 Å². The molecule has 1 nitrogen and oxygen atoms in total. The number of hydrogen-bond donors (Lipinski definition) is 0.